The molecule has 0 saturated heterocycles. The summed E-state index contributed by atoms with van der Waals surface area (Å²) in [5.74, 6) is 0. The summed E-state index contributed by atoms with van der Waals surface area (Å²) in [6.45, 7) is 1.64. The third-order valence-corrected chi connectivity index (χ3v) is 2.01. The topological polar surface area (TPSA) is 26.0 Å². The fourth-order valence-electron chi connectivity index (χ4n) is 1.28. The third kappa shape index (κ3) is 2.05. The fourth-order valence-corrected chi connectivity index (χ4v) is 1.28. The van der Waals surface area contributed by atoms with E-state index < -0.39 is 0 Å². The maximum Gasteiger partial charge on any atom is 0.0912 e. The molecule has 1 atom stereocenters. The van der Waals surface area contributed by atoms with Gasteiger partial charge in [0.2, 0.25) is 0 Å². The van der Waals surface area contributed by atoms with Crippen LogP contribution in [-0.2, 0) is 0 Å². The van der Waals surface area contributed by atoms with Crippen LogP contribution in [0.3, 0.4) is 0 Å². The van der Waals surface area contributed by atoms with Crippen LogP contribution < -0.4 is 5.73 Å². The predicted molar refractivity (Wildman–Crippen MR) is 48.7 cm³/mol. The summed E-state index contributed by atoms with van der Waals surface area (Å²) >= 11 is 0. The first-order chi connectivity index (χ1) is 5.75. The minimum Gasteiger partial charge on any atom is -0.324 e. The smallest absolute Gasteiger partial charge is 0.0912 e. The Morgan fingerprint density at radius 3 is 2.67 bits per heavy atom. The number of aryl methyl sites for hydroxylation is 1. The summed E-state index contributed by atoms with van der Waals surface area (Å²) in [5.41, 5.74) is 7.95. The van der Waals surface area contributed by atoms with E-state index in [1.807, 2.05) is 31.2 Å². The van der Waals surface area contributed by atoms with Crippen LogP contribution >= 0.6 is 0 Å². The lowest BCUT2D eigenvalue weighted by atomic mass is 10.0. The minimum atomic E-state index is -0.352. The molecule has 1 rings (SSSR count). The van der Waals surface area contributed by atoms with E-state index in [0.29, 0.717) is 6.42 Å². The van der Waals surface area contributed by atoms with Crippen molar-refractivity contribution >= 4 is 0 Å². The van der Waals surface area contributed by atoms with Crippen molar-refractivity contribution in [2.45, 2.75) is 19.4 Å². The zero-order valence-corrected chi connectivity index (χ0v) is 7.26. The number of benzene rings is 1. The van der Waals surface area contributed by atoms with Gasteiger partial charge in [0.1, 0.15) is 0 Å². The molecule has 0 bridgehead atoms. The Labute approximate surface area is 72.4 Å². The summed E-state index contributed by atoms with van der Waals surface area (Å²) < 4.78 is 12.0. The second-order valence-electron chi connectivity index (χ2n) is 2.94. The van der Waals surface area contributed by atoms with Gasteiger partial charge in [-0.3, -0.25) is 4.39 Å². The molecule has 1 aromatic carbocycles. The van der Waals surface area contributed by atoms with Gasteiger partial charge in [-0.2, -0.15) is 0 Å². The summed E-state index contributed by atoms with van der Waals surface area (Å²) in [7, 11) is 0. The summed E-state index contributed by atoms with van der Waals surface area (Å²) in [4.78, 5) is 0. The number of rotatable bonds is 3. The van der Waals surface area contributed by atoms with E-state index in [4.69, 9.17) is 5.73 Å². The van der Waals surface area contributed by atoms with Gasteiger partial charge in [0.05, 0.1) is 6.67 Å². The Morgan fingerprint density at radius 2 is 2.08 bits per heavy atom. The highest BCUT2D eigenvalue weighted by Gasteiger charge is 2.06. The van der Waals surface area contributed by atoms with Crippen molar-refractivity contribution in [1.82, 2.24) is 0 Å². The van der Waals surface area contributed by atoms with E-state index in [-0.39, 0.29) is 12.7 Å². The lowest BCUT2D eigenvalue weighted by molar-refractivity contribution is 0.441. The van der Waals surface area contributed by atoms with Gasteiger partial charge in [0.25, 0.3) is 0 Å². The van der Waals surface area contributed by atoms with Gasteiger partial charge in [-0.15, -0.1) is 0 Å². The SMILES string of the molecule is Cc1ccccc1[C@@H](N)CCF. The summed E-state index contributed by atoms with van der Waals surface area (Å²) in [6, 6.07) is 7.68. The van der Waals surface area contributed by atoms with Crippen LogP contribution in [0.25, 0.3) is 0 Å². The number of alkyl halides is 1. The Hall–Kier alpha value is -0.890. The standard InChI is InChI=1S/C10H14FN/c1-8-4-2-3-5-9(8)10(12)6-7-11/h2-5,10H,6-7,12H2,1H3/t10-/m0/s1. The zero-order chi connectivity index (χ0) is 8.97. The van der Waals surface area contributed by atoms with E-state index >= 15 is 0 Å². The average Bonchev–Trinajstić information content (AvgIpc) is 2.05. The molecule has 0 aliphatic heterocycles. The van der Waals surface area contributed by atoms with Crippen molar-refractivity contribution in [3.63, 3.8) is 0 Å². The molecule has 12 heavy (non-hydrogen) atoms. The molecule has 0 aliphatic carbocycles. The minimum absolute atomic E-state index is 0.156. The maximum atomic E-state index is 12.0. The number of halogens is 1. The second-order valence-corrected chi connectivity index (χ2v) is 2.94. The van der Waals surface area contributed by atoms with E-state index in [1.54, 1.807) is 0 Å². The Balaban J connectivity index is 2.79. The van der Waals surface area contributed by atoms with E-state index in [9.17, 15) is 4.39 Å². The van der Waals surface area contributed by atoms with Crippen LogP contribution in [0.5, 0.6) is 0 Å². The first kappa shape index (κ1) is 9.20. The third-order valence-electron chi connectivity index (χ3n) is 2.01. The van der Waals surface area contributed by atoms with Gasteiger partial charge in [0, 0.05) is 6.04 Å². The molecule has 0 aliphatic rings. The molecule has 66 valence electrons. The fraction of sp³-hybridized carbons (Fsp3) is 0.400. The molecule has 0 unspecified atom stereocenters. The molecule has 1 aromatic rings. The monoisotopic (exact) mass is 167 g/mol. The summed E-state index contributed by atoms with van der Waals surface area (Å²) in [6.07, 6.45) is 0.408. The van der Waals surface area contributed by atoms with Crippen molar-refractivity contribution in [2.24, 2.45) is 5.73 Å². The Morgan fingerprint density at radius 1 is 1.42 bits per heavy atom. The highest BCUT2D eigenvalue weighted by Crippen LogP contribution is 2.17. The Bertz CT molecular complexity index is 247. The number of nitrogens with two attached hydrogens (primary N) is 1. The lowest BCUT2D eigenvalue weighted by Gasteiger charge is -2.12. The molecule has 0 aromatic heterocycles. The summed E-state index contributed by atoms with van der Waals surface area (Å²) in [5, 5.41) is 0. The molecule has 1 nitrogen and oxygen atoms in total. The van der Waals surface area contributed by atoms with Crippen LogP contribution in [0.2, 0.25) is 0 Å². The quantitative estimate of drug-likeness (QED) is 0.734. The van der Waals surface area contributed by atoms with Crippen molar-refractivity contribution in [1.29, 1.82) is 0 Å². The number of hydrogen-bond donors (Lipinski definition) is 1. The lowest BCUT2D eigenvalue weighted by Crippen LogP contribution is -2.12. The Kier molecular flexibility index (Phi) is 3.23. The van der Waals surface area contributed by atoms with Crippen LogP contribution in [0.15, 0.2) is 24.3 Å². The van der Waals surface area contributed by atoms with Crippen molar-refractivity contribution in [2.75, 3.05) is 6.67 Å². The first-order valence-corrected chi connectivity index (χ1v) is 4.12. The zero-order valence-electron chi connectivity index (χ0n) is 7.26. The molecular formula is C10H14FN. The highest BCUT2D eigenvalue weighted by molar-refractivity contribution is 5.28. The van der Waals surface area contributed by atoms with Crippen molar-refractivity contribution in [3.05, 3.63) is 35.4 Å². The largest absolute Gasteiger partial charge is 0.324 e. The molecule has 0 radical (unpaired) electrons. The van der Waals surface area contributed by atoms with Crippen molar-refractivity contribution in [3.8, 4) is 0 Å². The molecule has 2 N–H and O–H groups in total. The van der Waals surface area contributed by atoms with Crippen molar-refractivity contribution < 1.29 is 4.39 Å². The maximum absolute atomic E-state index is 12.0. The van der Waals surface area contributed by atoms with Crippen LogP contribution in [0.4, 0.5) is 4.39 Å². The molecule has 0 amide bonds. The average molecular weight is 167 g/mol. The first-order valence-electron chi connectivity index (χ1n) is 4.12. The highest BCUT2D eigenvalue weighted by atomic mass is 19.1. The van der Waals surface area contributed by atoms with E-state index in [2.05, 4.69) is 0 Å². The van der Waals surface area contributed by atoms with Crippen LogP contribution in [-0.4, -0.2) is 6.67 Å². The van der Waals surface area contributed by atoms with Gasteiger partial charge in [0.15, 0.2) is 0 Å². The molecule has 0 spiro atoms. The predicted octanol–water partition coefficient (Wildman–Crippen LogP) is 2.35. The van der Waals surface area contributed by atoms with Gasteiger partial charge in [-0.05, 0) is 24.5 Å². The van der Waals surface area contributed by atoms with Gasteiger partial charge < -0.3 is 5.73 Å². The van der Waals surface area contributed by atoms with Gasteiger partial charge in [-0.25, -0.2) is 0 Å². The normalized spacial score (nSPS) is 12.9. The molecule has 2 heteroatoms. The van der Waals surface area contributed by atoms with E-state index in [0.717, 1.165) is 11.1 Å². The van der Waals surface area contributed by atoms with Gasteiger partial charge >= 0.3 is 0 Å². The molecule has 0 fully saturated rings. The second kappa shape index (κ2) is 4.21. The van der Waals surface area contributed by atoms with Crippen LogP contribution in [0, 0.1) is 6.92 Å². The number of hydrogen-bond acceptors (Lipinski definition) is 1. The van der Waals surface area contributed by atoms with Gasteiger partial charge in [-0.1, -0.05) is 24.3 Å². The molecular weight excluding hydrogens is 153 g/mol. The molecule has 0 saturated carbocycles. The molecule has 0 heterocycles. The van der Waals surface area contributed by atoms with Crippen LogP contribution in [0.1, 0.15) is 23.6 Å². The van der Waals surface area contributed by atoms with E-state index in [1.165, 1.54) is 0 Å².